The van der Waals surface area contributed by atoms with Crippen molar-refractivity contribution in [1.82, 2.24) is 14.9 Å². The third-order valence-electron chi connectivity index (χ3n) is 3.87. The summed E-state index contributed by atoms with van der Waals surface area (Å²) in [6.45, 7) is 2.55. The summed E-state index contributed by atoms with van der Waals surface area (Å²) >= 11 is 3.64. The molecule has 0 atom stereocenters. The molecule has 9 heteroatoms. The molecule has 0 unspecified atom stereocenters. The molecule has 1 saturated heterocycles. The lowest BCUT2D eigenvalue weighted by Gasteiger charge is -2.34. The fourth-order valence-electron chi connectivity index (χ4n) is 2.57. The van der Waals surface area contributed by atoms with Crippen LogP contribution >= 0.6 is 11.9 Å². The lowest BCUT2D eigenvalue weighted by Crippen LogP contribution is -2.49. The highest BCUT2D eigenvalue weighted by Crippen LogP contribution is 2.18. The number of piperazine rings is 1. The summed E-state index contributed by atoms with van der Waals surface area (Å²) in [7, 11) is 1.58. The number of hydrogen-bond donors (Lipinski definition) is 2. The van der Waals surface area contributed by atoms with E-state index < -0.39 is 0 Å². The number of amides is 1. The second kappa shape index (κ2) is 9.05. The Morgan fingerprint density at radius 2 is 1.88 bits per heavy atom. The zero-order chi connectivity index (χ0) is 18.2. The van der Waals surface area contributed by atoms with Gasteiger partial charge in [-0.05, 0) is 12.1 Å². The number of anilines is 2. The predicted molar refractivity (Wildman–Crippen MR) is 95.6 cm³/mol. The maximum Gasteiger partial charge on any atom is 0.256 e. The molecule has 1 aromatic carbocycles. The van der Waals surface area contributed by atoms with Gasteiger partial charge in [0.05, 0.1) is 24.5 Å². The molecule has 1 aliphatic rings. The topological polar surface area (TPSA) is 105 Å². The van der Waals surface area contributed by atoms with Gasteiger partial charge >= 0.3 is 0 Å². The van der Waals surface area contributed by atoms with Crippen LogP contribution in [0.3, 0.4) is 0 Å². The van der Waals surface area contributed by atoms with E-state index in [1.807, 2.05) is 21.9 Å². The monoisotopic (exact) mass is 365 g/mol. The molecule has 0 saturated carbocycles. The molecule has 2 heterocycles. The van der Waals surface area contributed by atoms with E-state index in [4.69, 9.17) is 15.1 Å². The van der Waals surface area contributed by atoms with Gasteiger partial charge in [-0.25, -0.2) is 4.98 Å². The Bertz CT molecular complexity index is 708. The SMILES string of the molecule is COc1ccnc(N2CCN(C(=O)c3ccccc3N)CC2)n1.OCl. The number of carbonyl (C=O) groups is 1. The van der Waals surface area contributed by atoms with Gasteiger partial charge in [0, 0.05) is 44.1 Å². The highest BCUT2D eigenvalue weighted by molar-refractivity contribution is 6.04. The van der Waals surface area contributed by atoms with Crippen LogP contribution in [-0.2, 0) is 0 Å². The predicted octanol–water partition coefficient (Wildman–Crippen LogP) is 1.16. The molecule has 0 bridgehead atoms. The number of rotatable bonds is 3. The second-order valence-electron chi connectivity index (χ2n) is 5.27. The summed E-state index contributed by atoms with van der Waals surface area (Å²) in [4.78, 5) is 25.0. The van der Waals surface area contributed by atoms with Gasteiger partial charge in [0.2, 0.25) is 11.8 Å². The number of benzene rings is 1. The molecule has 1 aromatic heterocycles. The van der Waals surface area contributed by atoms with E-state index >= 15 is 0 Å². The van der Waals surface area contributed by atoms with Crippen molar-refractivity contribution in [1.29, 1.82) is 0 Å². The Labute approximate surface area is 151 Å². The Hall–Kier alpha value is -2.58. The molecular formula is C16H20ClN5O3. The van der Waals surface area contributed by atoms with Gasteiger partial charge < -0.3 is 20.3 Å². The maximum atomic E-state index is 12.5. The first-order chi connectivity index (χ1) is 12.2. The molecule has 134 valence electrons. The van der Waals surface area contributed by atoms with Crippen molar-refractivity contribution < 1.29 is 14.2 Å². The van der Waals surface area contributed by atoms with Gasteiger partial charge in [0.25, 0.3) is 5.91 Å². The Morgan fingerprint density at radius 3 is 2.52 bits per heavy atom. The summed E-state index contributed by atoms with van der Waals surface area (Å²) in [5.41, 5.74) is 6.95. The van der Waals surface area contributed by atoms with Crippen LogP contribution in [0.5, 0.6) is 5.88 Å². The van der Waals surface area contributed by atoms with Gasteiger partial charge in [0.15, 0.2) is 0 Å². The normalized spacial score (nSPS) is 13.7. The van der Waals surface area contributed by atoms with Gasteiger partial charge in [-0.1, -0.05) is 12.1 Å². The van der Waals surface area contributed by atoms with Gasteiger partial charge in [-0.2, -0.15) is 4.98 Å². The average Bonchev–Trinajstić information content (AvgIpc) is 2.69. The molecule has 1 amide bonds. The van der Waals surface area contributed by atoms with Gasteiger partial charge in [0.1, 0.15) is 0 Å². The number of halogens is 1. The van der Waals surface area contributed by atoms with Crippen LogP contribution in [-0.4, -0.2) is 58.7 Å². The summed E-state index contributed by atoms with van der Waals surface area (Å²) < 4.78 is 11.6. The van der Waals surface area contributed by atoms with Crippen LogP contribution in [0.4, 0.5) is 11.6 Å². The van der Waals surface area contributed by atoms with Crippen molar-refractivity contribution in [2.24, 2.45) is 0 Å². The molecule has 2 aromatic rings. The fraction of sp³-hybridized carbons (Fsp3) is 0.312. The van der Waals surface area contributed by atoms with E-state index in [0.717, 1.165) is 0 Å². The zero-order valence-electron chi connectivity index (χ0n) is 13.8. The van der Waals surface area contributed by atoms with Crippen molar-refractivity contribution in [3.8, 4) is 5.88 Å². The number of nitrogen functional groups attached to an aromatic ring is 1. The third kappa shape index (κ3) is 4.49. The number of nitrogens with zero attached hydrogens (tertiary/aromatic N) is 4. The van der Waals surface area contributed by atoms with E-state index in [-0.39, 0.29) is 5.91 Å². The summed E-state index contributed by atoms with van der Waals surface area (Å²) in [6, 6.07) is 8.86. The van der Waals surface area contributed by atoms with Crippen LogP contribution in [0.25, 0.3) is 0 Å². The fourth-order valence-corrected chi connectivity index (χ4v) is 2.57. The average molecular weight is 366 g/mol. The lowest BCUT2D eigenvalue weighted by atomic mass is 10.1. The summed E-state index contributed by atoms with van der Waals surface area (Å²) in [6.07, 6.45) is 1.67. The molecular weight excluding hydrogens is 346 g/mol. The van der Waals surface area contributed by atoms with E-state index in [1.54, 1.807) is 31.5 Å². The Balaban J connectivity index is 0.00000109. The Morgan fingerprint density at radius 1 is 1.20 bits per heavy atom. The largest absolute Gasteiger partial charge is 0.481 e. The highest BCUT2D eigenvalue weighted by atomic mass is 35.5. The van der Waals surface area contributed by atoms with Crippen LogP contribution in [0, 0.1) is 0 Å². The number of para-hydroxylation sites is 1. The molecule has 0 radical (unpaired) electrons. The lowest BCUT2D eigenvalue weighted by molar-refractivity contribution is 0.0747. The minimum Gasteiger partial charge on any atom is -0.481 e. The molecule has 0 spiro atoms. The van der Waals surface area contributed by atoms with E-state index in [1.165, 1.54) is 0 Å². The number of aromatic nitrogens is 2. The van der Waals surface area contributed by atoms with E-state index in [2.05, 4.69) is 21.8 Å². The molecule has 3 N–H and O–H groups in total. The highest BCUT2D eigenvalue weighted by Gasteiger charge is 2.24. The number of methoxy groups -OCH3 is 1. The quantitative estimate of drug-likeness (QED) is 0.786. The number of hydrogen-bond acceptors (Lipinski definition) is 7. The van der Waals surface area contributed by atoms with Crippen LogP contribution in [0.1, 0.15) is 10.4 Å². The molecule has 0 aliphatic carbocycles. The van der Waals surface area contributed by atoms with E-state index in [0.29, 0.717) is 49.3 Å². The van der Waals surface area contributed by atoms with Crippen molar-refractivity contribution >= 4 is 29.4 Å². The molecule has 25 heavy (non-hydrogen) atoms. The summed E-state index contributed by atoms with van der Waals surface area (Å²) in [5, 5.41) is 0. The number of ether oxygens (including phenoxy) is 1. The Kier molecular flexibility index (Phi) is 6.79. The molecule has 1 fully saturated rings. The molecule has 1 aliphatic heterocycles. The minimum atomic E-state index is -0.0330. The van der Waals surface area contributed by atoms with Crippen molar-refractivity contribution in [3.63, 3.8) is 0 Å². The van der Waals surface area contributed by atoms with Crippen LogP contribution < -0.4 is 15.4 Å². The minimum absolute atomic E-state index is 0.0330. The number of carbonyl (C=O) groups excluding carboxylic acids is 1. The van der Waals surface area contributed by atoms with Crippen molar-refractivity contribution in [3.05, 3.63) is 42.1 Å². The maximum absolute atomic E-state index is 12.5. The second-order valence-corrected chi connectivity index (χ2v) is 5.27. The first-order valence-electron chi connectivity index (χ1n) is 7.61. The smallest absolute Gasteiger partial charge is 0.256 e. The zero-order valence-corrected chi connectivity index (χ0v) is 14.6. The third-order valence-corrected chi connectivity index (χ3v) is 3.87. The number of nitrogens with two attached hydrogens (primary N) is 1. The summed E-state index contributed by atoms with van der Waals surface area (Å²) in [5.74, 6) is 1.12. The van der Waals surface area contributed by atoms with Gasteiger partial charge in [-0.3, -0.25) is 9.45 Å². The molecule has 3 rings (SSSR count). The molecule has 8 nitrogen and oxygen atoms in total. The van der Waals surface area contributed by atoms with Crippen molar-refractivity contribution in [2.75, 3.05) is 43.9 Å². The van der Waals surface area contributed by atoms with Gasteiger partial charge in [-0.15, -0.1) is 0 Å². The standard InChI is InChI=1S/C16H19N5O2.ClHO/c1-23-14-6-7-18-16(19-14)21-10-8-20(9-11-21)15(22)12-4-2-3-5-13(12)17;1-2/h2-7H,8-11,17H2,1H3;2H. The first kappa shape index (κ1) is 18.8. The van der Waals surface area contributed by atoms with E-state index in [9.17, 15) is 4.79 Å². The van der Waals surface area contributed by atoms with Crippen molar-refractivity contribution in [2.45, 2.75) is 0 Å². The van der Waals surface area contributed by atoms with Crippen LogP contribution in [0.15, 0.2) is 36.5 Å². The first-order valence-corrected chi connectivity index (χ1v) is 7.95. The van der Waals surface area contributed by atoms with Crippen LogP contribution in [0.2, 0.25) is 0 Å².